The van der Waals surface area contributed by atoms with Crippen molar-refractivity contribution in [3.8, 4) is 0 Å². The summed E-state index contributed by atoms with van der Waals surface area (Å²) in [6, 6.07) is 9.21. The van der Waals surface area contributed by atoms with Gasteiger partial charge in [0.1, 0.15) is 0 Å². The molecule has 0 bridgehead atoms. The highest BCUT2D eigenvalue weighted by Gasteiger charge is 2.29. The lowest BCUT2D eigenvalue weighted by Gasteiger charge is -2.24. The van der Waals surface area contributed by atoms with Gasteiger partial charge in [-0.15, -0.1) is 11.3 Å². The van der Waals surface area contributed by atoms with E-state index in [1.165, 1.54) is 23.4 Å². The summed E-state index contributed by atoms with van der Waals surface area (Å²) in [7, 11) is 0. The molecule has 0 saturated heterocycles. The molecule has 2 aromatic rings. The first-order valence-corrected chi connectivity index (χ1v) is 7.19. The third kappa shape index (κ3) is 2.54. The number of aromatic nitrogens is 1. The van der Waals surface area contributed by atoms with Crippen molar-refractivity contribution in [2.24, 2.45) is 5.73 Å². The van der Waals surface area contributed by atoms with Crippen LogP contribution in [-0.4, -0.2) is 11.0 Å². The van der Waals surface area contributed by atoms with Crippen molar-refractivity contribution in [1.82, 2.24) is 4.98 Å². The van der Waals surface area contributed by atoms with Crippen molar-refractivity contribution in [1.29, 1.82) is 0 Å². The Bertz CT molecular complexity index is 506. The second-order valence-electron chi connectivity index (χ2n) is 4.65. The van der Waals surface area contributed by atoms with Crippen molar-refractivity contribution in [2.75, 3.05) is 4.90 Å². The maximum Gasteiger partial charge on any atom is 0.0560 e. The third-order valence-electron chi connectivity index (χ3n) is 3.23. The van der Waals surface area contributed by atoms with Gasteiger partial charge in [0.15, 0.2) is 0 Å². The van der Waals surface area contributed by atoms with Gasteiger partial charge in [0.05, 0.1) is 12.2 Å². The minimum Gasteiger partial charge on any atom is -0.363 e. The average molecular weight is 259 g/mol. The molecule has 94 valence electrons. The predicted octanol–water partition coefficient (Wildman–Crippen LogP) is 2.77. The molecule has 0 unspecified atom stereocenters. The van der Waals surface area contributed by atoms with E-state index in [2.05, 4.69) is 39.5 Å². The molecule has 0 aromatic carbocycles. The zero-order valence-corrected chi connectivity index (χ0v) is 11.1. The molecule has 18 heavy (non-hydrogen) atoms. The molecule has 2 aromatic heterocycles. The number of hydrogen-bond donors (Lipinski definition) is 1. The standard InChI is InChI=1S/C14H17N3S/c15-9-11-8-13(5-6-16-11)17(12-3-4-12)10-14-2-1-7-18-14/h1-2,5-8,12H,3-4,9-10,15H2. The van der Waals surface area contributed by atoms with Crippen LogP contribution in [0.25, 0.3) is 0 Å². The van der Waals surface area contributed by atoms with E-state index in [-0.39, 0.29) is 0 Å². The molecule has 0 atom stereocenters. The van der Waals surface area contributed by atoms with Crippen LogP contribution in [0.1, 0.15) is 23.4 Å². The quantitative estimate of drug-likeness (QED) is 0.897. The Labute approximate surface area is 111 Å². The molecule has 0 spiro atoms. The Balaban J connectivity index is 1.84. The number of nitrogens with zero attached hydrogens (tertiary/aromatic N) is 2. The topological polar surface area (TPSA) is 42.1 Å². The molecule has 2 heterocycles. The first kappa shape index (κ1) is 11.7. The monoisotopic (exact) mass is 259 g/mol. The summed E-state index contributed by atoms with van der Waals surface area (Å²) in [5.74, 6) is 0. The maximum atomic E-state index is 5.67. The van der Waals surface area contributed by atoms with Crippen molar-refractivity contribution < 1.29 is 0 Å². The molecule has 3 rings (SSSR count). The molecular weight excluding hydrogens is 242 g/mol. The number of thiophene rings is 1. The van der Waals surface area contributed by atoms with E-state index in [0.717, 1.165) is 12.2 Å². The van der Waals surface area contributed by atoms with Crippen molar-refractivity contribution in [3.63, 3.8) is 0 Å². The molecule has 2 N–H and O–H groups in total. The molecule has 1 saturated carbocycles. The average Bonchev–Trinajstić information content (AvgIpc) is 3.13. The molecule has 0 radical (unpaired) electrons. The van der Waals surface area contributed by atoms with E-state index in [1.807, 2.05) is 17.5 Å². The molecule has 4 heteroatoms. The van der Waals surface area contributed by atoms with Crippen LogP contribution in [0, 0.1) is 0 Å². The molecular formula is C14H17N3S. The van der Waals surface area contributed by atoms with Crippen LogP contribution in [0.5, 0.6) is 0 Å². The van der Waals surface area contributed by atoms with Gasteiger partial charge < -0.3 is 10.6 Å². The Kier molecular flexibility index (Phi) is 3.30. The molecule has 1 aliphatic rings. The Morgan fingerprint density at radius 1 is 1.39 bits per heavy atom. The van der Waals surface area contributed by atoms with E-state index < -0.39 is 0 Å². The number of nitrogens with two attached hydrogens (primary N) is 1. The van der Waals surface area contributed by atoms with Gasteiger partial charge in [-0.25, -0.2) is 0 Å². The summed E-state index contributed by atoms with van der Waals surface area (Å²) in [6.07, 6.45) is 4.46. The van der Waals surface area contributed by atoms with Gasteiger partial charge in [-0.05, 0) is 36.4 Å². The van der Waals surface area contributed by atoms with Crippen LogP contribution in [0.2, 0.25) is 0 Å². The SMILES string of the molecule is NCc1cc(N(Cc2cccs2)C2CC2)ccn1. The minimum absolute atomic E-state index is 0.505. The van der Waals surface area contributed by atoms with E-state index in [1.54, 1.807) is 0 Å². The number of pyridine rings is 1. The van der Waals surface area contributed by atoms with Gasteiger partial charge in [-0.2, -0.15) is 0 Å². The fraction of sp³-hybridized carbons (Fsp3) is 0.357. The van der Waals surface area contributed by atoms with E-state index in [4.69, 9.17) is 5.73 Å². The van der Waals surface area contributed by atoms with Gasteiger partial charge in [-0.1, -0.05) is 6.07 Å². The summed E-state index contributed by atoms with van der Waals surface area (Å²) in [6.45, 7) is 1.50. The number of hydrogen-bond acceptors (Lipinski definition) is 4. The lowest BCUT2D eigenvalue weighted by atomic mass is 10.2. The van der Waals surface area contributed by atoms with Crippen LogP contribution < -0.4 is 10.6 Å². The fourth-order valence-corrected chi connectivity index (χ4v) is 2.85. The van der Waals surface area contributed by atoms with E-state index in [0.29, 0.717) is 12.6 Å². The van der Waals surface area contributed by atoms with Crippen LogP contribution in [0.3, 0.4) is 0 Å². The zero-order valence-electron chi connectivity index (χ0n) is 10.2. The summed E-state index contributed by atoms with van der Waals surface area (Å²) in [5, 5.41) is 2.14. The Morgan fingerprint density at radius 3 is 2.94 bits per heavy atom. The smallest absolute Gasteiger partial charge is 0.0560 e. The summed E-state index contributed by atoms with van der Waals surface area (Å²) in [5.41, 5.74) is 7.88. The van der Waals surface area contributed by atoms with Crippen molar-refractivity contribution >= 4 is 17.0 Å². The Hall–Kier alpha value is -1.39. The van der Waals surface area contributed by atoms with Gasteiger partial charge in [-0.3, -0.25) is 4.98 Å². The lowest BCUT2D eigenvalue weighted by Crippen LogP contribution is -2.24. The van der Waals surface area contributed by atoms with Crippen LogP contribution >= 0.6 is 11.3 Å². The summed E-state index contributed by atoms with van der Waals surface area (Å²) >= 11 is 1.82. The minimum atomic E-state index is 0.505. The number of rotatable bonds is 5. The van der Waals surface area contributed by atoms with Gasteiger partial charge in [0.2, 0.25) is 0 Å². The number of anilines is 1. The van der Waals surface area contributed by atoms with Gasteiger partial charge >= 0.3 is 0 Å². The summed E-state index contributed by atoms with van der Waals surface area (Å²) in [4.78, 5) is 8.16. The maximum absolute atomic E-state index is 5.67. The first-order chi connectivity index (χ1) is 8.86. The third-order valence-corrected chi connectivity index (χ3v) is 4.10. The highest BCUT2D eigenvalue weighted by Crippen LogP contribution is 2.33. The highest BCUT2D eigenvalue weighted by atomic mass is 32.1. The highest BCUT2D eigenvalue weighted by molar-refractivity contribution is 7.09. The zero-order chi connectivity index (χ0) is 12.4. The second kappa shape index (κ2) is 5.08. The van der Waals surface area contributed by atoms with Crippen LogP contribution in [0.15, 0.2) is 35.8 Å². The van der Waals surface area contributed by atoms with Gasteiger partial charge in [0.25, 0.3) is 0 Å². The van der Waals surface area contributed by atoms with E-state index >= 15 is 0 Å². The Morgan fingerprint density at radius 2 is 2.28 bits per heavy atom. The molecule has 0 amide bonds. The lowest BCUT2D eigenvalue weighted by molar-refractivity contribution is 0.799. The van der Waals surface area contributed by atoms with Crippen molar-refractivity contribution in [3.05, 3.63) is 46.4 Å². The molecule has 1 fully saturated rings. The van der Waals surface area contributed by atoms with Crippen LogP contribution in [-0.2, 0) is 13.1 Å². The van der Waals surface area contributed by atoms with E-state index in [9.17, 15) is 0 Å². The van der Waals surface area contributed by atoms with Crippen molar-refractivity contribution in [2.45, 2.75) is 32.0 Å². The predicted molar refractivity (Wildman–Crippen MR) is 75.7 cm³/mol. The van der Waals surface area contributed by atoms with Crippen LogP contribution in [0.4, 0.5) is 5.69 Å². The first-order valence-electron chi connectivity index (χ1n) is 6.31. The molecule has 3 nitrogen and oxygen atoms in total. The fourth-order valence-electron chi connectivity index (χ4n) is 2.14. The molecule has 0 aliphatic heterocycles. The second-order valence-corrected chi connectivity index (χ2v) is 5.68. The van der Waals surface area contributed by atoms with Gasteiger partial charge in [0, 0.05) is 29.3 Å². The molecule has 1 aliphatic carbocycles. The normalized spacial score (nSPS) is 14.7. The largest absolute Gasteiger partial charge is 0.363 e. The summed E-state index contributed by atoms with van der Waals surface area (Å²) < 4.78 is 0.